The summed E-state index contributed by atoms with van der Waals surface area (Å²) in [6.45, 7) is 14.7. The van der Waals surface area contributed by atoms with Gasteiger partial charge in [-0.1, -0.05) is 32.4 Å². The second-order valence-corrected chi connectivity index (χ2v) is 17.3. The topological polar surface area (TPSA) is 69.6 Å². The number of aromatic nitrogens is 3. The fourth-order valence-corrected chi connectivity index (χ4v) is 5.81. The average Bonchev–Trinajstić information content (AvgIpc) is 3.57. The van der Waals surface area contributed by atoms with Crippen LogP contribution in [-0.4, -0.2) is 61.8 Å². The summed E-state index contributed by atoms with van der Waals surface area (Å²) in [7, 11) is -1.85. The van der Waals surface area contributed by atoms with E-state index in [1.54, 1.807) is 6.20 Å². The lowest BCUT2D eigenvalue weighted by atomic mass is 9.86. The van der Waals surface area contributed by atoms with Gasteiger partial charge in [0, 0.05) is 37.7 Å². The van der Waals surface area contributed by atoms with Crippen LogP contribution in [0, 0.1) is 11.2 Å². The highest BCUT2D eigenvalue weighted by Gasteiger charge is 2.47. The largest absolute Gasteiger partial charge is 0.463 e. The summed E-state index contributed by atoms with van der Waals surface area (Å²) in [5.41, 5.74) is -0.0209. The lowest BCUT2D eigenvalue weighted by Gasteiger charge is -2.48. The number of ether oxygens (including phenoxy) is 2. The summed E-state index contributed by atoms with van der Waals surface area (Å²) >= 11 is 6.00. The minimum absolute atomic E-state index is 0.0304. The molecule has 0 unspecified atom stereocenters. The van der Waals surface area contributed by atoms with Crippen molar-refractivity contribution in [2.24, 2.45) is 5.41 Å². The van der Waals surface area contributed by atoms with Crippen LogP contribution in [0.15, 0.2) is 6.20 Å². The van der Waals surface area contributed by atoms with Crippen molar-refractivity contribution in [2.75, 3.05) is 37.8 Å². The second-order valence-electron chi connectivity index (χ2n) is 12.1. The smallest absolute Gasteiger partial charge is 0.319 e. The lowest BCUT2D eigenvalue weighted by molar-refractivity contribution is -0.151. The van der Waals surface area contributed by atoms with E-state index in [9.17, 15) is 0 Å². The summed E-state index contributed by atoms with van der Waals surface area (Å²) in [5.74, 6) is -0.0170. The first-order valence-corrected chi connectivity index (χ1v) is 15.9. The molecule has 0 amide bonds. The van der Waals surface area contributed by atoms with Crippen LogP contribution in [-0.2, 0) is 9.16 Å². The van der Waals surface area contributed by atoms with Crippen LogP contribution >= 0.6 is 11.6 Å². The third kappa shape index (κ3) is 4.89. The molecular formula is C25H36ClFN4O3Si. The minimum Gasteiger partial charge on any atom is -0.463 e. The molecule has 35 heavy (non-hydrogen) atoms. The van der Waals surface area contributed by atoms with Crippen molar-refractivity contribution >= 4 is 36.6 Å². The Balaban J connectivity index is 1.38. The summed E-state index contributed by atoms with van der Waals surface area (Å²) < 4.78 is 33.6. The number of hydrogen-bond acceptors (Lipinski definition) is 7. The molecule has 3 aliphatic rings. The van der Waals surface area contributed by atoms with Crippen molar-refractivity contribution in [2.45, 2.75) is 76.6 Å². The van der Waals surface area contributed by atoms with Gasteiger partial charge in [0.2, 0.25) is 0 Å². The fourth-order valence-electron chi connectivity index (χ4n) is 4.57. The molecule has 3 fully saturated rings. The molecule has 2 aromatic heterocycles. The van der Waals surface area contributed by atoms with Crippen LogP contribution in [0.5, 0.6) is 6.01 Å². The molecule has 4 heterocycles. The van der Waals surface area contributed by atoms with Gasteiger partial charge >= 0.3 is 6.01 Å². The van der Waals surface area contributed by atoms with Gasteiger partial charge in [0.15, 0.2) is 19.3 Å². The number of hydrogen-bond donors (Lipinski definition) is 0. The van der Waals surface area contributed by atoms with Crippen molar-refractivity contribution in [3.05, 3.63) is 17.2 Å². The van der Waals surface area contributed by atoms with Gasteiger partial charge in [-0.05, 0) is 43.8 Å². The molecule has 0 radical (unpaired) electrons. The van der Waals surface area contributed by atoms with Crippen LogP contribution < -0.4 is 9.64 Å². The number of pyridine rings is 1. The van der Waals surface area contributed by atoms with Crippen LogP contribution in [0.3, 0.4) is 0 Å². The summed E-state index contributed by atoms with van der Waals surface area (Å²) in [5, 5.41) is 0.492. The van der Waals surface area contributed by atoms with E-state index in [2.05, 4.69) is 48.7 Å². The monoisotopic (exact) mass is 522 g/mol. The standard InChI is InChI=1S/C25H36ClFN4O3Si/c1-23(2,3)35(4,5)34-16-24(8-9-24)15-32-22-29-19-17(13-28-20(26)18(19)27)21(30-22)31-11-6-7-25(14-31)10-12-33-25/h13H,6-12,14-16H2,1-5H3/t25-/m1/s1. The number of anilines is 1. The molecule has 192 valence electrons. The molecule has 0 bridgehead atoms. The van der Waals surface area contributed by atoms with Crippen molar-refractivity contribution in [1.29, 1.82) is 0 Å². The molecule has 2 aromatic rings. The van der Waals surface area contributed by atoms with E-state index in [0.717, 1.165) is 45.3 Å². The van der Waals surface area contributed by atoms with E-state index in [-0.39, 0.29) is 32.7 Å². The van der Waals surface area contributed by atoms with Gasteiger partial charge in [-0.15, -0.1) is 0 Å². The first-order chi connectivity index (χ1) is 16.4. The molecule has 1 aliphatic carbocycles. The normalized spacial score (nSPS) is 24.0. The zero-order valence-corrected chi connectivity index (χ0v) is 23.2. The predicted octanol–water partition coefficient (Wildman–Crippen LogP) is 5.76. The number of fused-ring (bicyclic) bond motifs is 1. The molecule has 10 heteroatoms. The van der Waals surface area contributed by atoms with Gasteiger partial charge in [-0.3, -0.25) is 0 Å². The quantitative estimate of drug-likeness (QED) is 0.338. The molecular weight excluding hydrogens is 487 g/mol. The minimum atomic E-state index is -1.85. The van der Waals surface area contributed by atoms with Gasteiger partial charge in [0.1, 0.15) is 11.3 Å². The van der Waals surface area contributed by atoms with Gasteiger partial charge < -0.3 is 18.8 Å². The molecule has 7 nitrogen and oxygen atoms in total. The Hall–Kier alpha value is -1.55. The Morgan fingerprint density at radius 2 is 1.91 bits per heavy atom. The highest BCUT2D eigenvalue weighted by atomic mass is 35.5. The molecule has 1 spiro atoms. The van der Waals surface area contributed by atoms with E-state index in [1.807, 2.05) is 0 Å². The molecule has 2 saturated heterocycles. The van der Waals surface area contributed by atoms with Crippen LogP contribution in [0.2, 0.25) is 23.3 Å². The maximum Gasteiger partial charge on any atom is 0.319 e. The third-order valence-electron chi connectivity index (χ3n) is 8.42. The SMILES string of the molecule is CC(C)(C)[Si](C)(C)OCC1(COc2nc(N3CCC[C@@]4(CCO4)C3)c3cnc(Cl)c(F)c3n2)CC1. The van der Waals surface area contributed by atoms with E-state index >= 15 is 4.39 Å². The number of nitrogens with zero attached hydrogens (tertiary/aromatic N) is 4. The van der Waals surface area contributed by atoms with Gasteiger partial charge in [-0.25, -0.2) is 9.37 Å². The molecule has 0 aromatic carbocycles. The average molecular weight is 523 g/mol. The highest BCUT2D eigenvalue weighted by Crippen LogP contribution is 2.48. The lowest BCUT2D eigenvalue weighted by Crippen LogP contribution is -2.56. The zero-order chi connectivity index (χ0) is 25.1. The van der Waals surface area contributed by atoms with E-state index in [4.69, 9.17) is 30.5 Å². The maximum absolute atomic E-state index is 15.0. The maximum atomic E-state index is 15.0. The van der Waals surface area contributed by atoms with E-state index in [0.29, 0.717) is 31.0 Å². The van der Waals surface area contributed by atoms with Gasteiger partial charge in [-0.2, -0.15) is 9.97 Å². The predicted molar refractivity (Wildman–Crippen MR) is 137 cm³/mol. The van der Waals surface area contributed by atoms with Crippen LogP contribution in [0.4, 0.5) is 10.2 Å². The van der Waals surface area contributed by atoms with Crippen LogP contribution in [0.25, 0.3) is 10.9 Å². The van der Waals surface area contributed by atoms with E-state index in [1.165, 1.54) is 0 Å². The van der Waals surface area contributed by atoms with Crippen molar-refractivity contribution in [3.8, 4) is 6.01 Å². The second kappa shape index (κ2) is 8.78. The Morgan fingerprint density at radius 3 is 2.54 bits per heavy atom. The Bertz CT molecular complexity index is 1120. The highest BCUT2D eigenvalue weighted by molar-refractivity contribution is 6.74. The Labute approximate surface area is 212 Å². The van der Waals surface area contributed by atoms with Crippen molar-refractivity contribution in [1.82, 2.24) is 15.0 Å². The van der Waals surface area contributed by atoms with Gasteiger partial charge in [0.05, 0.1) is 24.2 Å². The first kappa shape index (κ1) is 25.1. The zero-order valence-electron chi connectivity index (χ0n) is 21.4. The first-order valence-electron chi connectivity index (χ1n) is 12.6. The van der Waals surface area contributed by atoms with Crippen molar-refractivity contribution < 1.29 is 18.3 Å². The van der Waals surface area contributed by atoms with Gasteiger partial charge in [0.25, 0.3) is 0 Å². The molecule has 1 atom stereocenters. The Morgan fingerprint density at radius 1 is 1.17 bits per heavy atom. The molecule has 1 saturated carbocycles. The Kier molecular flexibility index (Phi) is 6.30. The summed E-state index contributed by atoms with van der Waals surface area (Å²) in [4.78, 5) is 15.3. The van der Waals surface area contributed by atoms with E-state index < -0.39 is 14.1 Å². The molecule has 5 rings (SSSR count). The number of halogens is 2. The molecule has 0 N–H and O–H groups in total. The van der Waals surface area contributed by atoms with Crippen LogP contribution in [0.1, 0.15) is 52.9 Å². The third-order valence-corrected chi connectivity index (χ3v) is 13.2. The summed E-state index contributed by atoms with van der Waals surface area (Å²) in [6, 6.07) is 0.168. The number of rotatable bonds is 7. The molecule has 2 aliphatic heterocycles. The fraction of sp³-hybridized carbons (Fsp3) is 0.720. The number of piperidine rings is 1. The summed E-state index contributed by atoms with van der Waals surface area (Å²) in [6.07, 6.45) is 6.68. The van der Waals surface area contributed by atoms with Crippen molar-refractivity contribution in [3.63, 3.8) is 0 Å².